The molecule has 3 aromatic rings. The molecule has 0 fully saturated rings. The van der Waals surface area contributed by atoms with E-state index in [-0.39, 0.29) is 22.4 Å². The van der Waals surface area contributed by atoms with Crippen LogP contribution >= 0.6 is 0 Å². The van der Waals surface area contributed by atoms with E-state index in [1.807, 2.05) is 0 Å². The molecule has 0 aliphatic heterocycles. The summed E-state index contributed by atoms with van der Waals surface area (Å²) >= 11 is 0. The molecule has 138 valence electrons. The number of phenolic OH excluding ortho intramolecular Hbond substituents is 2. The molecule has 3 N–H and O–H groups in total. The minimum atomic E-state index is -0.832. The highest BCUT2D eigenvalue weighted by molar-refractivity contribution is 6.32. The van der Waals surface area contributed by atoms with Gasteiger partial charge in [-0.2, -0.15) is 0 Å². The number of carbonyl (C=O) groups is 2. The maximum atomic E-state index is 13.2. The van der Waals surface area contributed by atoms with Crippen molar-refractivity contribution in [1.82, 2.24) is 0 Å². The lowest BCUT2D eigenvalue weighted by atomic mass is 9.81. The van der Waals surface area contributed by atoms with Gasteiger partial charge in [0.1, 0.15) is 17.1 Å². The quantitative estimate of drug-likeness (QED) is 0.283. The van der Waals surface area contributed by atoms with E-state index in [9.17, 15) is 29.9 Å². The maximum absolute atomic E-state index is 13.2. The second-order valence-electron chi connectivity index (χ2n) is 6.18. The first kappa shape index (κ1) is 17.2. The summed E-state index contributed by atoms with van der Waals surface area (Å²) in [4.78, 5) is 36.7. The van der Waals surface area contributed by atoms with Gasteiger partial charge in [-0.1, -0.05) is 18.2 Å². The normalized spacial score (nSPS) is 12.3. The molecule has 4 rings (SSSR count). The summed E-state index contributed by atoms with van der Waals surface area (Å²) in [7, 11) is 0. The summed E-state index contributed by atoms with van der Waals surface area (Å²) in [6, 6.07) is 13.3. The first-order valence-corrected chi connectivity index (χ1v) is 8.17. The minimum Gasteiger partial charge on any atom is -0.508 e. The molecule has 0 heterocycles. The number of para-hydroxylation sites is 1. The summed E-state index contributed by atoms with van der Waals surface area (Å²) < 4.78 is 0. The summed E-state index contributed by atoms with van der Waals surface area (Å²) in [5.74, 6) is -2.51. The van der Waals surface area contributed by atoms with E-state index in [0.29, 0.717) is 5.69 Å². The van der Waals surface area contributed by atoms with Crippen LogP contribution in [0, 0.1) is 10.1 Å². The number of rotatable bonds is 3. The molecule has 0 bridgehead atoms. The molecule has 3 aromatic carbocycles. The van der Waals surface area contributed by atoms with Crippen LogP contribution < -0.4 is 5.32 Å². The van der Waals surface area contributed by atoms with Crippen LogP contribution in [0.5, 0.6) is 11.5 Å². The predicted octanol–water partition coefficient (Wildman–Crippen LogP) is 3.53. The Balaban J connectivity index is 1.97. The van der Waals surface area contributed by atoms with Gasteiger partial charge in [-0.15, -0.1) is 0 Å². The number of anilines is 2. The van der Waals surface area contributed by atoms with Crippen LogP contribution in [-0.2, 0) is 0 Å². The molecule has 0 aromatic heterocycles. The molecule has 0 atom stereocenters. The Kier molecular flexibility index (Phi) is 3.82. The smallest absolute Gasteiger partial charge is 0.285 e. The molecule has 0 saturated carbocycles. The highest BCUT2D eigenvalue weighted by atomic mass is 16.6. The molecule has 0 radical (unpaired) electrons. The fraction of sp³-hybridized carbons (Fsp3) is 0. The van der Waals surface area contributed by atoms with Crippen LogP contribution in [0.25, 0.3) is 0 Å². The van der Waals surface area contributed by atoms with E-state index in [1.54, 1.807) is 30.3 Å². The third-order valence-electron chi connectivity index (χ3n) is 4.46. The van der Waals surface area contributed by atoms with Crippen molar-refractivity contribution in [1.29, 1.82) is 0 Å². The van der Waals surface area contributed by atoms with Crippen LogP contribution in [0.1, 0.15) is 31.8 Å². The molecule has 0 spiro atoms. The zero-order valence-corrected chi connectivity index (χ0v) is 14.2. The van der Waals surface area contributed by atoms with E-state index in [2.05, 4.69) is 5.32 Å². The molecule has 0 unspecified atom stereocenters. The number of ketones is 2. The van der Waals surface area contributed by atoms with E-state index < -0.39 is 39.2 Å². The van der Waals surface area contributed by atoms with Gasteiger partial charge in [-0.25, -0.2) is 0 Å². The van der Waals surface area contributed by atoms with Crippen molar-refractivity contribution in [2.24, 2.45) is 0 Å². The zero-order chi connectivity index (χ0) is 20.0. The maximum Gasteiger partial charge on any atom is 0.285 e. The Bertz CT molecular complexity index is 1170. The summed E-state index contributed by atoms with van der Waals surface area (Å²) in [5.41, 5.74) is -0.980. The standard InChI is InChI=1S/C20H12N2O6/c23-11-8-12-16(14(9-11)22(27)28)20(26)17-13(21-10-4-2-1-3-5-10)6-7-15(24)18(17)19(12)25/h1-9,21,23-24H. The number of fused-ring (bicyclic) bond motifs is 2. The van der Waals surface area contributed by atoms with Gasteiger partial charge in [0.25, 0.3) is 5.69 Å². The van der Waals surface area contributed by atoms with Crippen LogP contribution in [-0.4, -0.2) is 26.7 Å². The average molecular weight is 376 g/mol. The number of hydrogen-bond acceptors (Lipinski definition) is 7. The Labute approximate surface area is 157 Å². The minimum absolute atomic E-state index is 0.157. The molecule has 1 aliphatic carbocycles. The van der Waals surface area contributed by atoms with Gasteiger partial charge in [-0.05, 0) is 30.3 Å². The third-order valence-corrected chi connectivity index (χ3v) is 4.46. The van der Waals surface area contributed by atoms with Gasteiger partial charge >= 0.3 is 0 Å². The monoisotopic (exact) mass is 376 g/mol. The number of nitrogens with one attached hydrogen (secondary N) is 1. The van der Waals surface area contributed by atoms with Crippen molar-refractivity contribution in [3.63, 3.8) is 0 Å². The first-order valence-electron chi connectivity index (χ1n) is 8.17. The van der Waals surface area contributed by atoms with Crippen LogP contribution in [0.2, 0.25) is 0 Å². The summed E-state index contributed by atoms with van der Waals surface area (Å²) in [5, 5.41) is 34.4. The van der Waals surface area contributed by atoms with Crippen LogP contribution in [0.15, 0.2) is 54.6 Å². The van der Waals surface area contributed by atoms with Crippen molar-refractivity contribution < 1.29 is 24.7 Å². The molecule has 0 saturated heterocycles. The fourth-order valence-electron chi connectivity index (χ4n) is 3.27. The number of hydrogen-bond donors (Lipinski definition) is 3. The second-order valence-corrected chi connectivity index (χ2v) is 6.18. The molecular weight excluding hydrogens is 364 g/mol. The SMILES string of the molecule is O=C1c2cc(O)cc([N+](=O)[O-])c2C(=O)c2c(Nc3ccccc3)ccc(O)c21. The number of nitro benzene ring substituents is 1. The van der Waals surface area contributed by atoms with Crippen molar-refractivity contribution in [3.8, 4) is 11.5 Å². The van der Waals surface area contributed by atoms with Crippen molar-refractivity contribution >= 4 is 28.6 Å². The third kappa shape index (κ3) is 2.55. The number of benzene rings is 3. The van der Waals surface area contributed by atoms with Gasteiger partial charge in [0, 0.05) is 11.3 Å². The van der Waals surface area contributed by atoms with Gasteiger partial charge < -0.3 is 15.5 Å². The largest absolute Gasteiger partial charge is 0.508 e. The summed E-state index contributed by atoms with van der Waals surface area (Å²) in [6.07, 6.45) is 0. The topological polar surface area (TPSA) is 130 Å². The van der Waals surface area contributed by atoms with Crippen molar-refractivity contribution in [3.05, 3.63) is 87.0 Å². The van der Waals surface area contributed by atoms with Crippen molar-refractivity contribution in [2.75, 3.05) is 5.32 Å². The molecule has 8 heteroatoms. The van der Waals surface area contributed by atoms with Gasteiger partial charge in [0.2, 0.25) is 5.78 Å². The van der Waals surface area contributed by atoms with E-state index in [4.69, 9.17) is 0 Å². The van der Waals surface area contributed by atoms with Gasteiger partial charge in [0.05, 0.1) is 27.8 Å². The van der Waals surface area contributed by atoms with Gasteiger partial charge in [-0.3, -0.25) is 19.7 Å². The first-order chi connectivity index (χ1) is 13.4. The number of phenols is 2. The Morgan fingerprint density at radius 2 is 1.57 bits per heavy atom. The number of nitrogens with zero attached hydrogens (tertiary/aromatic N) is 1. The fourth-order valence-corrected chi connectivity index (χ4v) is 3.27. The highest BCUT2D eigenvalue weighted by Gasteiger charge is 2.39. The van der Waals surface area contributed by atoms with Gasteiger partial charge in [0.15, 0.2) is 5.78 Å². The number of aromatic hydroxyl groups is 2. The second kappa shape index (κ2) is 6.20. The average Bonchev–Trinajstić information content (AvgIpc) is 2.67. The Hall–Kier alpha value is -4.20. The highest BCUT2D eigenvalue weighted by Crippen LogP contribution is 2.42. The van der Waals surface area contributed by atoms with E-state index in [0.717, 1.165) is 12.1 Å². The van der Waals surface area contributed by atoms with Crippen molar-refractivity contribution in [2.45, 2.75) is 0 Å². The number of carbonyl (C=O) groups excluding carboxylic acids is 2. The Morgan fingerprint density at radius 1 is 0.857 bits per heavy atom. The Morgan fingerprint density at radius 3 is 2.25 bits per heavy atom. The molecule has 28 heavy (non-hydrogen) atoms. The summed E-state index contributed by atoms with van der Waals surface area (Å²) in [6.45, 7) is 0. The molecule has 0 amide bonds. The van der Waals surface area contributed by atoms with Crippen LogP contribution in [0.4, 0.5) is 17.1 Å². The predicted molar refractivity (Wildman–Crippen MR) is 99.5 cm³/mol. The van der Waals surface area contributed by atoms with E-state index >= 15 is 0 Å². The molecule has 8 nitrogen and oxygen atoms in total. The van der Waals surface area contributed by atoms with Crippen LogP contribution in [0.3, 0.4) is 0 Å². The van der Waals surface area contributed by atoms with E-state index in [1.165, 1.54) is 12.1 Å². The molecule has 1 aliphatic rings. The molecular formula is C20H12N2O6. The zero-order valence-electron chi connectivity index (χ0n) is 14.2. The lowest BCUT2D eigenvalue weighted by molar-refractivity contribution is -0.385. The number of nitro groups is 1. The lowest BCUT2D eigenvalue weighted by Gasteiger charge is -2.21. The lowest BCUT2D eigenvalue weighted by Crippen LogP contribution is -2.23.